The van der Waals surface area contributed by atoms with Crippen LogP contribution in [0, 0.1) is 5.82 Å². The van der Waals surface area contributed by atoms with Crippen LogP contribution >= 0.6 is 0 Å². The molecule has 1 aromatic heterocycles. The Morgan fingerprint density at radius 2 is 1.74 bits per heavy atom. The molecule has 162 valence electrons. The van der Waals surface area contributed by atoms with Crippen LogP contribution < -0.4 is 5.32 Å². The number of sulfonamides is 1. The fraction of sp³-hybridized carbons (Fsp3) is 0.200. The zero-order valence-electron chi connectivity index (χ0n) is 16.7. The first-order chi connectivity index (χ1) is 14.7. The van der Waals surface area contributed by atoms with Crippen molar-refractivity contribution in [2.45, 2.75) is 16.4 Å². The molecule has 1 aliphatic rings. The molecule has 0 fully saturated rings. The van der Waals surface area contributed by atoms with Gasteiger partial charge in [0.1, 0.15) is 11.6 Å². The minimum atomic E-state index is -3.61. The molecule has 0 saturated heterocycles. The molecule has 0 aliphatic carbocycles. The average Bonchev–Trinajstić information content (AvgIpc) is 3.25. The molecule has 0 bridgehead atoms. The predicted octanol–water partition coefficient (Wildman–Crippen LogP) is 2.28. The minimum absolute atomic E-state index is 0.0710. The third kappa shape index (κ3) is 4.03. The highest BCUT2D eigenvalue weighted by Gasteiger charge is 2.28. The molecule has 2 aromatic carbocycles. The van der Waals surface area contributed by atoms with Crippen molar-refractivity contribution in [2.75, 3.05) is 19.4 Å². The van der Waals surface area contributed by atoms with Crippen molar-refractivity contribution in [3.8, 4) is 5.69 Å². The van der Waals surface area contributed by atoms with Crippen LogP contribution in [0.4, 0.5) is 10.2 Å². The van der Waals surface area contributed by atoms with Crippen LogP contribution in [0.3, 0.4) is 0 Å². The molecule has 8 nitrogen and oxygen atoms in total. The number of halogens is 1. The third-order valence-electron chi connectivity index (χ3n) is 4.87. The lowest BCUT2D eigenvalue weighted by Crippen LogP contribution is -2.22. The van der Waals surface area contributed by atoms with E-state index in [1.807, 2.05) is 0 Å². The number of fused-ring (bicyclic) bond motifs is 1. The van der Waals surface area contributed by atoms with Crippen molar-refractivity contribution in [3.63, 3.8) is 0 Å². The highest BCUT2D eigenvalue weighted by atomic mass is 32.2. The Bertz CT molecular complexity index is 1280. The number of nitrogens with zero attached hydrogens (tertiary/aromatic N) is 3. The summed E-state index contributed by atoms with van der Waals surface area (Å²) >= 11 is 0. The Hall–Kier alpha value is -2.89. The number of benzene rings is 2. The van der Waals surface area contributed by atoms with Crippen LogP contribution in [0.2, 0.25) is 0 Å². The summed E-state index contributed by atoms with van der Waals surface area (Å²) in [6.45, 7) is 0. The van der Waals surface area contributed by atoms with Crippen LogP contribution in [0.15, 0.2) is 53.4 Å². The lowest BCUT2D eigenvalue weighted by molar-refractivity contribution is 0.102. The number of carbonyl (C=O) groups excluding carboxylic acids is 1. The molecule has 1 N–H and O–H groups in total. The van der Waals surface area contributed by atoms with Gasteiger partial charge in [-0.15, -0.1) is 0 Å². The zero-order valence-corrected chi connectivity index (χ0v) is 18.3. The molecular weight excluding hydrogens is 443 g/mol. The lowest BCUT2D eigenvalue weighted by Gasteiger charge is -2.13. The number of rotatable bonds is 5. The first kappa shape index (κ1) is 21.3. The average molecular weight is 463 g/mol. The lowest BCUT2D eigenvalue weighted by atomic mass is 10.2. The summed E-state index contributed by atoms with van der Waals surface area (Å²) in [5.41, 5.74) is 2.08. The molecule has 0 radical (unpaired) electrons. The van der Waals surface area contributed by atoms with E-state index >= 15 is 0 Å². The van der Waals surface area contributed by atoms with Gasteiger partial charge in [0, 0.05) is 36.0 Å². The summed E-state index contributed by atoms with van der Waals surface area (Å²) in [6, 6.07) is 11.2. The number of amides is 1. The second-order valence-electron chi connectivity index (χ2n) is 7.16. The smallest absolute Gasteiger partial charge is 0.256 e. The van der Waals surface area contributed by atoms with E-state index in [2.05, 4.69) is 10.4 Å². The maximum absolute atomic E-state index is 13.3. The number of anilines is 1. The first-order valence-electron chi connectivity index (χ1n) is 9.22. The summed E-state index contributed by atoms with van der Waals surface area (Å²) in [7, 11) is -1.85. The maximum atomic E-state index is 13.3. The van der Waals surface area contributed by atoms with Crippen molar-refractivity contribution in [2.24, 2.45) is 0 Å². The van der Waals surface area contributed by atoms with E-state index in [1.165, 1.54) is 67.3 Å². The van der Waals surface area contributed by atoms with Crippen molar-refractivity contribution < 1.29 is 21.8 Å². The molecule has 1 aliphatic heterocycles. The fourth-order valence-electron chi connectivity index (χ4n) is 3.19. The van der Waals surface area contributed by atoms with Crippen molar-refractivity contribution >= 4 is 32.5 Å². The molecule has 4 rings (SSSR count). The Kier molecular flexibility index (Phi) is 5.50. The van der Waals surface area contributed by atoms with Gasteiger partial charge in [0.2, 0.25) is 10.0 Å². The minimum Gasteiger partial charge on any atom is -0.306 e. The van der Waals surface area contributed by atoms with Gasteiger partial charge in [-0.2, -0.15) is 5.10 Å². The highest BCUT2D eigenvalue weighted by Crippen LogP contribution is 2.31. The molecule has 0 saturated carbocycles. The second-order valence-corrected chi connectivity index (χ2v) is 10.8. The fourth-order valence-corrected chi connectivity index (χ4v) is 5.36. The monoisotopic (exact) mass is 462 g/mol. The topological polar surface area (TPSA) is 101 Å². The molecule has 0 spiro atoms. The molecule has 1 unspecified atom stereocenters. The molecule has 1 atom stereocenters. The van der Waals surface area contributed by atoms with Crippen LogP contribution in [0.25, 0.3) is 5.69 Å². The predicted molar refractivity (Wildman–Crippen MR) is 114 cm³/mol. The van der Waals surface area contributed by atoms with Crippen LogP contribution in [0.5, 0.6) is 0 Å². The molecule has 31 heavy (non-hydrogen) atoms. The Labute approximate surface area is 181 Å². The van der Waals surface area contributed by atoms with Gasteiger partial charge in [-0.1, -0.05) is 0 Å². The molecule has 11 heteroatoms. The maximum Gasteiger partial charge on any atom is 0.256 e. The van der Waals surface area contributed by atoms with E-state index in [1.54, 1.807) is 0 Å². The highest BCUT2D eigenvalue weighted by molar-refractivity contribution is 7.89. The Morgan fingerprint density at radius 1 is 1.10 bits per heavy atom. The van der Waals surface area contributed by atoms with Crippen molar-refractivity contribution in [1.82, 2.24) is 14.1 Å². The number of nitrogens with one attached hydrogen (secondary N) is 1. The quantitative estimate of drug-likeness (QED) is 0.627. The first-order valence-corrected chi connectivity index (χ1v) is 12.2. The number of hydrogen-bond donors (Lipinski definition) is 1. The Balaban J connectivity index is 1.67. The number of carbonyl (C=O) groups is 1. The largest absolute Gasteiger partial charge is 0.306 e. The van der Waals surface area contributed by atoms with Gasteiger partial charge in [-0.25, -0.2) is 21.8 Å². The van der Waals surface area contributed by atoms with Gasteiger partial charge in [-0.05, 0) is 48.5 Å². The SMILES string of the molecule is CN(C)S(=O)(=O)c1ccc(C(=O)Nc2c3c(nn2-c2ccc(F)cc2)CS(=O)C3)cc1. The van der Waals surface area contributed by atoms with Gasteiger partial charge in [0.25, 0.3) is 5.91 Å². The summed E-state index contributed by atoms with van der Waals surface area (Å²) in [5, 5.41) is 7.25. The van der Waals surface area contributed by atoms with Gasteiger partial charge >= 0.3 is 0 Å². The van der Waals surface area contributed by atoms with E-state index < -0.39 is 32.5 Å². The van der Waals surface area contributed by atoms with Crippen LogP contribution in [0.1, 0.15) is 21.6 Å². The Morgan fingerprint density at radius 3 is 2.35 bits per heavy atom. The normalized spacial score (nSPS) is 15.8. The molecule has 1 amide bonds. The molecular formula is C20H19FN4O4S2. The number of hydrogen-bond acceptors (Lipinski definition) is 5. The van der Waals surface area contributed by atoms with Gasteiger partial charge in [0.15, 0.2) is 0 Å². The number of aromatic nitrogens is 2. The standard InChI is InChI=1S/C20H19FN4O4S2/c1-24(2)31(28,29)16-9-3-13(4-10-16)20(26)22-19-17-11-30(27)12-18(17)23-25(19)15-7-5-14(21)6-8-15/h3-10H,11-12H2,1-2H3,(H,22,26). The van der Waals surface area contributed by atoms with Gasteiger partial charge < -0.3 is 5.32 Å². The van der Waals surface area contributed by atoms with E-state index in [0.29, 0.717) is 22.8 Å². The zero-order chi connectivity index (χ0) is 22.3. The summed E-state index contributed by atoms with van der Waals surface area (Å²) < 4.78 is 52.3. The summed E-state index contributed by atoms with van der Waals surface area (Å²) in [5.74, 6) is 0.0261. The second kappa shape index (κ2) is 7.98. The van der Waals surface area contributed by atoms with Crippen molar-refractivity contribution in [1.29, 1.82) is 0 Å². The summed E-state index contributed by atoms with van der Waals surface area (Å²) in [6.07, 6.45) is 0. The van der Waals surface area contributed by atoms with Crippen LogP contribution in [-0.4, -0.2) is 46.7 Å². The van der Waals surface area contributed by atoms with Gasteiger partial charge in [0.05, 0.1) is 27.8 Å². The van der Waals surface area contributed by atoms with E-state index in [9.17, 15) is 21.8 Å². The van der Waals surface area contributed by atoms with E-state index in [0.717, 1.165) is 4.31 Å². The van der Waals surface area contributed by atoms with E-state index in [4.69, 9.17) is 0 Å². The molecule has 2 heterocycles. The van der Waals surface area contributed by atoms with Gasteiger partial charge in [-0.3, -0.25) is 9.00 Å². The molecule has 3 aromatic rings. The van der Waals surface area contributed by atoms with Crippen LogP contribution in [-0.2, 0) is 32.3 Å². The summed E-state index contributed by atoms with van der Waals surface area (Å²) in [4.78, 5) is 12.9. The third-order valence-corrected chi connectivity index (χ3v) is 7.90. The van der Waals surface area contributed by atoms with E-state index in [-0.39, 0.29) is 22.0 Å². The van der Waals surface area contributed by atoms with Crippen molar-refractivity contribution in [3.05, 3.63) is 71.2 Å².